The predicted molar refractivity (Wildman–Crippen MR) is 73.5 cm³/mol. The summed E-state index contributed by atoms with van der Waals surface area (Å²) >= 11 is 1.25. The van der Waals surface area contributed by atoms with Crippen LogP contribution < -0.4 is 5.32 Å². The normalized spacial score (nSPS) is 24.6. The first-order valence-corrected chi connectivity index (χ1v) is 7.35. The fourth-order valence-electron chi connectivity index (χ4n) is 2.46. The fraction of sp³-hybridized carbons (Fsp3) is 0.692. The molecule has 0 radical (unpaired) electrons. The standard InChI is InChI=1S/C13H20N2O2S/c1-8-4-3-5-10(7-6-8)15-13-14-9(2)11(18-13)12(16)17/h8,10H,3-7H2,1-2H3,(H,14,15)(H,16,17). The van der Waals surface area contributed by atoms with Crippen LogP contribution in [0.2, 0.25) is 0 Å². The SMILES string of the molecule is Cc1nc(NC2CCCC(C)CC2)sc1C(=O)O. The zero-order valence-electron chi connectivity index (χ0n) is 10.9. The molecule has 0 aromatic carbocycles. The van der Waals surface area contributed by atoms with Crippen LogP contribution in [0.25, 0.3) is 0 Å². The van der Waals surface area contributed by atoms with Crippen molar-refractivity contribution < 1.29 is 9.90 Å². The molecule has 4 nitrogen and oxygen atoms in total. The van der Waals surface area contributed by atoms with Crippen LogP contribution in [0.15, 0.2) is 0 Å². The van der Waals surface area contributed by atoms with Gasteiger partial charge in [0.2, 0.25) is 0 Å². The van der Waals surface area contributed by atoms with Crippen LogP contribution >= 0.6 is 11.3 Å². The van der Waals surface area contributed by atoms with Gasteiger partial charge in [-0.3, -0.25) is 0 Å². The minimum absolute atomic E-state index is 0.347. The molecular formula is C13H20N2O2S. The van der Waals surface area contributed by atoms with Crippen molar-refractivity contribution in [2.24, 2.45) is 5.92 Å². The average molecular weight is 268 g/mol. The quantitative estimate of drug-likeness (QED) is 0.823. The van der Waals surface area contributed by atoms with Crippen LogP contribution in [0, 0.1) is 12.8 Å². The minimum Gasteiger partial charge on any atom is -0.477 e. The molecule has 1 aromatic rings. The second-order valence-corrected chi connectivity index (χ2v) is 6.19. The summed E-state index contributed by atoms with van der Waals surface area (Å²) in [6, 6.07) is 0.446. The number of anilines is 1. The molecule has 2 N–H and O–H groups in total. The molecule has 0 amide bonds. The Hall–Kier alpha value is -1.10. The van der Waals surface area contributed by atoms with E-state index in [-0.39, 0.29) is 0 Å². The molecule has 0 aliphatic heterocycles. The van der Waals surface area contributed by atoms with Crippen LogP contribution in [0.1, 0.15) is 54.4 Å². The first-order chi connectivity index (χ1) is 8.56. The van der Waals surface area contributed by atoms with E-state index < -0.39 is 5.97 Å². The third kappa shape index (κ3) is 3.22. The lowest BCUT2D eigenvalue weighted by atomic mass is 10.0. The molecule has 2 rings (SSSR count). The van der Waals surface area contributed by atoms with Crippen molar-refractivity contribution in [1.82, 2.24) is 4.98 Å². The van der Waals surface area contributed by atoms with Crippen LogP contribution in [0.5, 0.6) is 0 Å². The van der Waals surface area contributed by atoms with E-state index in [0.29, 0.717) is 16.6 Å². The summed E-state index contributed by atoms with van der Waals surface area (Å²) < 4.78 is 0. The van der Waals surface area contributed by atoms with E-state index in [1.807, 2.05) is 0 Å². The van der Waals surface area contributed by atoms with E-state index >= 15 is 0 Å². The Bertz CT molecular complexity index is 431. The minimum atomic E-state index is -0.882. The fourth-order valence-corrected chi connectivity index (χ4v) is 3.34. The number of aryl methyl sites for hydroxylation is 1. The molecular weight excluding hydrogens is 248 g/mol. The highest BCUT2D eigenvalue weighted by Gasteiger charge is 2.19. The molecule has 1 heterocycles. The second-order valence-electron chi connectivity index (χ2n) is 5.19. The summed E-state index contributed by atoms with van der Waals surface area (Å²) in [6.07, 6.45) is 6.10. The lowest BCUT2D eigenvalue weighted by Gasteiger charge is -2.15. The Morgan fingerprint density at radius 2 is 2.17 bits per heavy atom. The van der Waals surface area contributed by atoms with Gasteiger partial charge in [0.1, 0.15) is 4.88 Å². The van der Waals surface area contributed by atoms with Gasteiger partial charge in [-0.2, -0.15) is 0 Å². The first kappa shape index (κ1) is 13.3. The molecule has 1 saturated carbocycles. The number of rotatable bonds is 3. The van der Waals surface area contributed by atoms with Gasteiger partial charge >= 0.3 is 5.97 Å². The Balaban J connectivity index is 2.00. The highest BCUT2D eigenvalue weighted by Crippen LogP contribution is 2.28. The average Bonchev–Trinajstić information content (AvgIpc) is 2.54. The maximum atomic E-state index is 11.0. The summed E-state index contributed by atoms with van der Waals surface area (Å²) in [6.45, 7) is 4.05. The third-order valence-corrected chi connectivity index (χ3v) is 4.65. The first-order valence-electron chi connectivity index (χ1n) is 6.53. The summed E-state index contributed by atoms with van der Waals surface area (Å²) in [5.74, 6) is -0.0723. The topological polar surface area (TPSA) is 62.2 Å². The molecule has 2 atom stereocenters. The maximum absolute atomic E-state index is 11.0. The zero-order valence-corrected chi connectivity index (χ0v) is 11.7. The van der Waals surface area contributed by atoms with Crippen molar-refractivity contribution in [3.05, 3.63) is 10.6 Å². The van der Waals surface area contributed by atoms with E-state index in [1.165, 1.54) is 30.6 Å². The van der Waals surface area contributed by atoms with Crippen LogP contribution in [0.3, 0.4) is 0 Å². The Morgan fingerprint density at radius 1 is 1.39 bits per heavy atom. The molecule has 1 aromatic heterocycles. The number of aromatic nitrogens is 1. The molecule has 1 aliphatic carbocycles. The van der Waals surface area contributed by atoms with E-state index in [9.17, 15) is 4.79 Å². The van der Waals surface area contributed by atoms with Gasteiger partial charge in [-0.15, -0.1) is 0 Å². The van der Waals surface area contributed by atoms with Crippen molar-refractivity contribution in [3.8, 4) is 0 Å². The van der Waals surface area contributed by atoms with Crippen LogP contribution in [0.4, 0.5) is 5.13 Å². The number of aromatic carboxylic acids is 1. The molecule has 0 bridgehead atoms. The molecule has 1 fully saturated rings. The zero-order chi connectivity index (χ0) is 13.1. The monoisotopic (exact) mass is 268 g/mol. The van der Waals surface area contributed by atoms with Crippen molar-refractivity contribution in [2.75, 3.05) is 5.32 Å². The number of carboxylic acid groups (broad SMARTS) is 1. The van der Waals surface area contributed by atoms with Gasteiger partial charge in [0, 0.05) is 6.04 Å². The Labute approximate surface area is 111 Å². The predicted octanol–water partition coefficient (Wildman–Crippen LogP) is 3.53. The lowest BCUT2D eigenvalue weighted by Crippen LogP contribution is -2.18. The number of hydrogen-bond donors (Lipinski definition) is 2. The van der Waals surface area contributed by atoms with Gasteiger partial charge in [-0.1, -0.05) is 31.1 Å². The molecule has 18 heavy (non-hydrogen) atoms. The van der Waals surface area contributed by atoms with E-state index in [0.717, 1.165) is 23.9 Å². The van der Waals surface area contributed by atoms with Crippen LogP contribution in [-0.4, -0.2) is 22.1 Å². The number of hydrogen-bond acceptors (Lipinski definition) is 4. The van der Waals surface area contributed by atoms with Gasteiger partial charge < -0.3 is 10.4 Å². The number of thiazole rings is 1. The second kappa shape index (κ2) is 5.69. The Morgan fingerprint density at radius 3 is 2.83 bits per heavy atom. The largest absolute Gasteiger partial charge is 0.477 e. The Kier molecular flexibility index (Phi) is 4.22. The van der Waals surface area contributed by atoms with Gasteiger partial charge in [0.05, 0.1) is 5.69 Å². The number of nitrogens with zero attached hydrogens (tertiary/aromatic N) is 1. The molecule has 0 saturated heterocycles. The molecule has 1 aliphatic rings. The maximum Gasteiger partial charge on any atom is 0.347 e. The van der Waals surface area contributed by atoms with Gasteiger partial charge in [0.25, 0.3) is 0 Å². The van der Waals surface area contributed by atoms with E-state index in [2.05, 4.69) is 17.2 Å². The summed E-state index contributed by atoms with van der Waals surface area (Å²) in [7, 11) is 0. The smallest absolute Gasteiger partial charge is 0.347 e. The summed E-state index contributed by atoms with van der Waals surface area (Å²) in [5, 5.41) is 13.2. The van der Waals surface area contributed by atoms with Crippen molar-refractivity contribution in [2.45, 2.75) is 52.0 Å². The highest BCUT2D eigenvalue weighted by atomic mass is 32.1. The highest BCUT2D eigenvalue weighted by molar-refractivity contribution is 7.17. The van der Waals surface area contributed by atoms with Crippen molar-refractivity contribution >= 4 is 22.4 Å². The lowest BCUT2D eigenvalue weighted by molar-refractivity contribution is 0.0701. The molecule has 2 unspecified atom stereocenters. The number of carboxylic acids is 1. The number of carbonyl (C=O) groups is 1. The van der Waals surface area contributed by atoms with Crippen molar-refractivity contribution in [3.63, 3.8) is 0 Å². The summed E-state index contributed by atoms with van der Waals surface area (Å²) in [4.78, 5) is 15.6. The van der Waals surface area contributed by atoms with E-state index in [4.69, 9.17) is 5.11 Å². The van der Waals surface area contributed by atoms with Crippen molar-refractivity contribution in [1.29, 1.82) is 0 Å². The number of nitrogens with one attached hydrogen (secondary N) is 1. The van der Waals surface area contributed by atoms with Crippen LogP contribution in [-0.2, 0) is 0 Å². The van der Waals surface area contributed by atoms with E-state index in [1.54, 1.807) is 6.92 Å². The van der Waals surface area contributed by atoms with Gasteiger partial charge in [0.15, 0.2) is 5.13 Å². The molecule has 5 heteroatoms. The molecule has 0 spiro atoms. The summed E-state index contributed by atoms with van der Waals surface area (Å²) in [5.41, 5.74) is 0.608. The third-order valence-electron chi connectivity index (χ3n) is 3.58. The van der Waals surface area contributed by atoms with Gasteiger partial charge in [-0.05, 0) is 32.1 Å². The van der Waals surface area contributed by atoms with Gasteiger partial charge in [-0.25, -0.2) is 9.78 Å². The molecule has 100 valence electrons.